The van der Waals surface area contributed by atoms with E-state index >= 15 is 0 Å². The summed E-state index contributed by atoms with van der Waals surface area (Å²) in [5.74, 6) is 0.407. The minimum absolute atomic E-state index is 0.159. The molecule has 0 aliphatic carbocycles. The zero-order chi connectivity index (χ0) is 22.0. The molecule has 0 saturated carbocycles. The van der Waals surface area contributed by atoms with Gasteiger partial charge in [-0.25, -0.2) is 4.98 Å². The van der Waals surface area contributed by atoms with E-state index in [0.717, 1.165) is 10.4 Å². The summed E-state index contributed by atoms with van der Waals surface area (Å²) < 4.78 is 0. The molecule has 0 saturated heterocycles. The second-order valence-corrected chi connectivity index (χ2v) is 9.76. The van der Waals surface area contributed by atoms with Crippen molar-refractivity contribution in [1.29, 1.82) is 0 Å². The fourth-order valence-electron chi connectivity index (χ4n) is 2.80. The van der Waals surface area contributed by atoms with Crippen LogP contribution in [0.1, 0.15) is 30.1 Å². The average molecular weight is 465 g/mol. The Bertz CT molecular complexity index is 1190. The van der Waals surface area contributed by atoms with Gasteiger partial charge in [-0.1, -0.05) is 11.6 Å². The Kier molecular flexibility index (Phi) is 6.84. The van der Waals surface area contributed by atoms with Crippen molar-refractivity contribution in [2.75, 3.05) is 10.6 Å². The van der Waals surface area contributed by atoms with Crippen LogP contribution in [0.4, 0.5) is 11.4 Å². The van der Waals surface area contributed by atoms with E-state index in [1.54, 1.807) is 25.1 Å². The fourth-order valence-corrected chi connectivity index (χ4v) is 4.78. The molecule has 158 valence electrons. The molecule has 1 unspecified atom stereocenters. The first-order valence-corrected chi connectivity index (χ1v) is 11.4. The minimum atomic E-state index is -0.429. The third-order valence-electron chi connectivity index (χ3n) is 4.48. The van der Waals surface area contributed by atoms with Crippen LogP contribution in [0.25, 0.3) is 10.2 Å². The highest BCUT2D eigenvalue weighted by molar-refractivity contribution is 7.99. The Hall–Kier alpha value is -2.36. The van der Waals surface area contributed by atoms with Crippen LogP contribution in [0.2, 0.25) is 5.02 Å². The number of benzene rings is 1. The van der Waals surface area contributed by atoms with Gasteiger partial charge in [-0.15, -0.1) is 23.1 Å². The number of nitrogens with one attached hydrogen (secondary N) is 3. The highest BCUT2D eigenvalue weighted by Crippen LogP contribution is 2.28. The van der Waals surface area contributed by atoms with Crippen LogP contribution in [0.15, 0.2) is 23.0 Å². The molecular formula is C20H21ClN4O3S2. The minimum Gasteiger partial charge on any atom is -0.325 e. The SMILES string of the molecule is CC(=O)Nc1ccc(Cl)cc1NC(=O)C(C)SCc1nc2sc(C)c(C)c2c(=O)[nH]1. The summed E-state index contributed by atoms with van der Waals surface area (Å²) in [6.07, 6.45) is 0. The van der Waals surface area contributed by atoms with E-state index in [1.165, 1.54) is 30.0 Å². The maximum Gasteiger partial charge on any atom is 0.259 e. The van der Waals surface area contributed by atoms with Crippen LogP contribution in [0.3, 0.4) is 0 Å². The van der Waals surface area contributed by atoms with E-state index < -0.39 is 5.25 Å². The van der Waals surface area contributed by atoms with Gasteiger partial charge in [0.1, 0.15) is 10.7 Å². The molecule has 1 atom stereocenters. The highest BCUT2D eigenvalue weighted by atomic mass is 35.5. The summed E-state index contributed by atoms with van der Waals surface area (Å²) in [5.41, 5.74) is 1.69. The standard InChI is InChI=1S/C20H21ClN4O3S2/c1-9-10(2)30-20-17(9)19(28)24-16(25-20)8-29-11(3)18(27)23-15-7-13(21)5-6-14(15)22-12(4)26/h5-7,11H,8H2,1-4H3,(H,22,26)(H,23,27)(H,24,25,28). The van der Waals surface area contributed by atoms with Gasteiger partial charge in [-0.2, -0.15) is 0 Å². The molecule has 2 amide bonds. The van der Waals surface area contributed by atoms with Crippen molar-refractivity contribution in [3.8, 4) is 0 Å². The van der Waals surface area contributed by atoms with Crippen LogP contribution in [-0.4, -0.2) is 27.0 Å². The third kappa shape index (κ3) is 5.03. The van der Waals surface area contributed by atoms with Gasteiger partial charge in [-0.3, -0.25) is 14.4 Å². The van der Waals surface area contributed by atoms with Gasteiger partial charge in [-0.05, 0) is 44.5 Å². The quantitative estimate of drug-likeness (QED) is 0.499. The number of H-pyrrole nitrogens is 1. The molecule has 3 rings (SSSR count). The molecule has 0 fully saturated rings. The van der Waals surface area contributed by atoms with Gasteiger partial charge in [0, 0.05) is 16.8 Å². The number of hydrogen-bond acceptors (Lipinski definition) is 6. The van der Waals surface area contributed by atoms with Gasteiger partial charge >= 0.3 is 0 Å². The molecule has 30 heavy (non-hydrogen) atoms. The predicted molar refractivity (Wildman–Crippen MR) is 125 cm³/mol. The van der Waals surface area contributed by atoms with Crippen molar-refractivity contribution in [2.24, 2.45) is 0 Å². The Labute approximate surface area is 186 Å². The Morgan fingerprint density at radius 2 is 2.00 bits per heavy atom. The smallest absolute Gasteiger partial charge is 0.259 e. The number of carbonyl (C=O) groups excluding carboxylic acids is 2. The summed E-state index contributed by atoms with van der Waals surface area (Å²) in [4.78, 5) is 45.5. The van der Waals surface area contributed by atoms with E-state index in [2.05, 4.69) is 20.6 Å². The molecule has 2 heterocycles. The number of hydrogen-bond donors (Lipinski definition) is 3. The first-order valence-electron chi connectivity index (χ1n) is 9.14. The molecule has 10 heteroatoms. The second-order valence-electron chi connectivity index (χ2n) is 6.79. The van der Waals surface area contributed by atoms with Crippen LogP contribution in [0.5, 0.6) is 0 Å². The predicted octanol–water partition coefficient (Wildman–Crippen LogP) is 4.47. The molecule has 2 aromatic heterocycles. The van der Waals surface area contributed by atoms with Crippen molar-refractivity contribution in [3.63, 3.8) is 0 Å². The van der Waals surface area contributed by atoms with Gasteiger partial charge < -0.3 is 15.6 Å². The number of anilines is 2. The summed E-state index contributed by atoms with van der Waals surface area (Å²) in [5, 5.41) is 6.10. The number of nitrogens with zero attached hydrogens (tertiary/aromatic N) is 1. The Morgan fingerprint density at radius 1 is 1.27 bits per heavy atom. The molecule has 0 bridgehead atoms. The first kappa shape index (κ1) is 22.3. The molecule has 7 nitrogen and oxygen atoms in total. The third-order valence-corrected chi connectivity index (χ3v) is 6.97. The summed E-state index contributed by atoms with van der Waals surface area (Å²) in [6.45, 7) is 7.03. The Morgan fingerprint density at radius 3 is 2.70 bits per heavy atom. The van der Waals surface area contributed by atoms with Crippen molar-refractivity contribution < 1.29 is 9.59 Å². The van der Waals surface area contributed by atoms with Crippen LogP contribution < -0.4 is 16.2 Å². The Balaban J connectivity index is 1.70. The number of aromatic nitrogens is 2. The van der Waals surface area contributed by atoms with Gasteiger partial charge in [0.05, 0.1) is 27.8 Å². The topological polar surface area (TPSA) is 104 Å². The van der Waals surface area contributed by atoms with E-state index in [-0.39, 0.29) is 17.4 Å². The lowest BCUT2D eigenvalue weighted by atomic mass is 10.2. The lowest BCUT2D eigenvalue weighted by Gasteiger charge is -2.15. The van der Waals surface area contributed by atoms with E-state index in [9.17, 15) is 14.4 Å². The number of amides is 2. The number of carbonyl (C=O) groups is 2. The van der Waals surface area contributed by atoms with Crippen molar-refractivity contribution in [1.82, 2.24) is 9.97 Å². The largest absolute Gasteiger partial charge is 0.325 e. The number of rotatable bonds is 6. The number of fused-ring (bicyclic) bond motifs is 1. The van der Waals surface area contributed by atoms with Gasteiger partial charge in [0.25, 0.3) is 5.56 Å². The van der Waals surface area contributed by atoms with E-state index in [1.807, 2.05) is 13.8 Å². The summed E-state index contributed by atoms with van der Waals surface area (Å²) in [6, 6.07) is 4.84. The van der Waals surface area contributed by atoms with Gasteiger partial charge in [0.15, 0.2) is 0 Å². The molecule has 0 aliphatic heterocycles. The first-order chi connectivity index (χ1) is 14.2. The normalized spacial score (nSPS) is 12.0. The molecule has 3 aromatic rings. The maximum absolute atomic E-state index is 12.6. The molecule has 0 aliphatic rings. The van der Waals surface area contributed by atoms with E-state index in [0.29, 0.717) is 38.2 Å². The number of thioether (sulfide) groups is 1. The monoisotopic (exact) mass is 464 g/mol. The summed E-state index contributed by atoms with van der Waals surface area (Å²) in [7, 11) is 0. The van der Waals surface area contributed by atoms with Crippen LogP contribution in [-0.2, 0) is 15.3 Å². The lowest BCUT2D eigenvalue weighted by molar-refractivity contribution is -0.116. The van der Waals surface area contributed by atoms with Crippen molar-refractivity contribution in [3.05, 3.63) is 49.8 Å². The molecule has 1 aromatic carbocycles. The number of halogens is 1. The second kappa shape index (κ2) is 9.20. The van der Waals surface area contributed by atoms with Crippen LogP contribution >= 0.6 is 34.7 Å². The van der Waals surface area contributed by atoms with Crippen LogP contribution in [0, 0.1) is 13.8 Å². The number of aromatic amines is 1. The molecule has 0 radical (unpaired) electrons. The maximum atomic E-state index is 12.6. The molecule has 0 spiro atoms. The molecular weight excluding hydrogens is 444 g/mol. The van der Waals surface area contributed by atoms with E-state index in [4.69, 9.17) is 11.6 Å². The zero-order valence-electron chi connectivity index (χ0n) is 16.9. The number of thiophene rings is 1. The van der Waals surface area contributed by atoms with Crippen molar-refractivity contribution >= 4 is 68.1 Å². The lowest BCUT2D eigenvalue weighted by Crippen LogP contribution is -2.24. The van der Waals surface area contributed by atoms with Gasteiger partial charge in [0.2, 0.25) is 11.8 Å². The average Bonchev–Trinajstić information content (AvgIpc) is 2.95. The highest BCUT2D eigenvalue weighted by Gasteiger charge is 2.18. The zero-order valence-corrected chi connectivity index (χ0v) is 19.3. The molecule has 3 N–H and O–H groups in total. The summed E-state index contributed by atoms with van der Waals surface area (Å²) >= 11 is 8.86. The van der Waals surface area contributed by atoms with Crippen molar-refractivity contribution in [2.45, 2.75) is 38.7 Å². The number of aryl methyl sites for hydroxylation is 2. The fraction of sp³-hybridized carbons (Fsp3) is 0.300.